The molecule has 0 bridgehead atoms. The first-order chi connectivity index (χ1) is 9.83. The number of alkyl carbamates (subject to hydrolysis) is 1. The molecule has 1 amide bonds. The van der Waals surface area contributed by atoms with Gasteiger partial charge in [0.1, 0.15) is 17.5 Å². The van der Waals surface area contributed by atoms with Crippen molar-refractivity contribution in [2.45, 2.75) is 57.8 Å². The fourth-order valence-corrected chi connectivity index (χ4v) is 2.64. The predicted molar refractivity (Wildman–Crippen MR) is 85.6 cm³/mol. The first kappa shape index (κ1) is 16.1. The number of halogens is 1. The van der Waals surface area contributed by atoms with Gasteiger partial charge >= 0.3 is 6.09 Å². The van der Waals surface area contributed by atoms with Crippen molar-refractivity contribution in [1.29, 1.82) is 0 Å². The van der Waals surface area contributed by atoms with Crippen LogP contribution in [0.25, 0.3) is 0 Å². The van der Waals surface area contributed by atoms with E-state index in [1.807, 2.05) is 45.0 Å². The van der Waals surface area contributed by atoms with Gasteiger partial charge in [-0.1, -0.05) is 15.9 Å². The van der Waals surface area contributed by atoms with Crippen molar-refractivity contribution in [3.63, 3.8) is 0 Å². The van der Waals surface area contributed by atoms with Crippen LogP contribution in [0.15, 0.2) is 28.7 Å². The normalized spacial score (nSPS) is 21.9. The van der Waals surface area contributed by atoms with E-state index >= 15 is 0 Å². The third-order valence-electron chi connectivity index (χ3n) is 3.26. The van der Waals surface area contributed by atoms with Crippen LogP contribution in [0.1, 0.15) is 40.0 Å². The Morgan fingerprint density at radius 1 is 1.24 bits per heavy atom. The van der Waals surface area contributed by atoms with Gasteiger partial charge in [-0.05, 0) is 64.3 Å². The Kier molecular flexibility index (Phi) is 5.14. The summed E-state index contributed by atoms with van der Waals surface area (Å²) in [5.41, 5.74) is -0.481. The molecule has 2 rings (SSSR count). The Morgan fingerprint density at radius 2 is 1.90 bits per heavy atom. The van der Waals surface area contributed by atoms with E-state index in [1.54, 1.807) is 0 Å². The average molecular weight is 356 g/mol. The second kappa shape index (κ2) is 6.69. The zero-order valence-corrected chi connectivity index (χ0v) is 14.3. The molecule has 0 unspecified atom stereocenters. The molecule has 1 fully saturated rings. The van der Waals surface area contributed by atoms with E-state index in [4.69, 9.17) is 9.47 Å². The molecule has 5 heteroatoms. The first-order valence-electron chi connectivity index (χ1n) is 7.25. The quantitative estimate of drug-likeness (QED) is 0.880. The number of rotatable bonds is 3. The van der Waals surface area contributed by atoms with Crippen LogP contribution in [0, 0.1) is 0 Å². The molecule has 0 saturated heterocycles. The molecule has 1 aliphatic rings. The number of amides is 1. The number of benzene rings is 1. The molecule has 0 aromatic heterocycles. The standard InChI is InChI=1S/C16H22BrNO3/c1-16(2,3)21-15(19)18-13-5-4-6-14(13)20-12-9-7-11(17)8-10-12/h7-10,13-14H,4-6H2,1-3H3,(H,18,19)/t13-,14+/m1/s1. The molecule has 1 N–H and O–H groups in total. The van der Waals surface area contributed by atoms with E-state index in [-0.39, 0.29) is 18.2 Å². The summed E-state index contributed by atoms with van der Waals surface area (Å²) in [6, 6.07) is 7.74. The van der Waals surface area contributed by atoms with Gasteiger partial charge in [-0.25, -0.2) is 4.79 Å². The maximum Gasteiger partial charge on any atom is 0.408 e. The van der Waals surface area contributed by atoms with Crippen LogP contribution in [0.4, 0.5) is 4.79 Å². The molecule has 4 nitrogen and oxygen atoms in total. The molecule has 1 aromatic carbocycles. The van der Waals surface area contributed by atoms with Crippen molar-refractivity contribution in [3.05, 3.63) is 28.7 Å². The van der Waals surface area contributed by atoms with Gasteiger partial charge in [0.05, 0.1) is 6.04 Å². The zero-order chi connectivity index (χ0) is 15.5. The lowest BCUT2D eigenvalue weighted by molar-refractivity contribution is 0.0464. The van der Waals surface area contributed by atoms with Gasteiger partial charge in [0.15, 0.2) is 0 Å². The lowest BCUT2D eigenvalue weighted by Crippen LogP contribution is -2.44. The Labute approximate surface area is 134 Å². The van der Waals surface area contributed by atoms with Crippen molar-refractivity contribution in [2.75, 3.05) is 0 Å². The SMILES string of the molecule is CC(C)(C)OC(=O)N[C@@H]1CCC[C@@H]1Oc1ccc(Br)cc1. The molecule has 0 radical (unpaired) electrons. The summed E-state index contributed by atoms with van der Waals surface area (Å²) in [5.74, 6) is 0.820. The molecular formula is C16H22BrNO3. The third-order valence-corrected chi connectivity index (χ3v) is 3.78. The zero-order valence-electron chi connectivity index (χ0n) is 12.7. The van der Waals surface area contributed by atoms with Crippen molar-refractivity contribution < 1.29 is 14.3 Å². The Bertz CT molecular complexity index is 481. The average Bonchev–Trinajstić information content (AvgIpc) is 2.77. The van der Waals surface area contributed by atoms with Gasteiger partial charge in [0.2, 0.25) is 0 Å². The second-order valence-corrected chi connectivity index (χ2v) is 7.21. The Hall–Kier alpha value is -1.23. The maximum absolute atomic E-state index is 11.9. The summed E-state index contributed by atoms with van der Waals surface area (Å²) in [5, 5.41) is 2.92. The maximum atomic E-state index is 11.9. The van der Waals surface area contributed by atoms with Crippen LogP contribution in [-0.2, 0) is 4.74 Å². The lowest BCUT2D eigenvalue weighted by Gasteiger charge is -2.25. The van der Waals surface area contributed by atoms with Crippen LogP contribution in [0.5, 0.6) is 5.75 Å². The largest absolute Gasteiger partial charge is 0.488 e. The molecule has 0 spiro atoms. The van der Waals surface area contributed by atoms with E-state index in [2.05, 4.69) is 21.2 Å². The minimum Gasteiger partial charge on any atom is -0.488 e. The molecule has 21 heavy (non-hydrogen) atoms. The molecule has 116 valence electrons. The Balaban J connectivity index is 1.91. The van der Waals surface area contributed by atoms with E-state index in [1.165, 1.54) is 0 Å². The highest BCUT2D eigenvalue weighted by atomic mass is 79.9. The molecule has 1 aromatic rings. The van der Waals surface area contributed by atoms with Gasteiger partial charge in [-0.15, -0.1) is 0 Å². The van der Waals surface area contributed by atoms with Gasteiger partial charge in [-0.2, -0.15) is 0 Å². The summed E-state index contributed by atoms with van der Waals surface area (Å²) < 4.78 is 12.3. The second-order valence-electron chi connectivity index (χ2n) is 6.29. The number of carbonyl (C=O) groups is 1. The molecule has 2 atom stereocenters. The molecule has 1 aliphatic carbocycles. The fourth-order valence-electron chi connectivity index (χ4n) is 2.38. The summed E-state index contributed by atoms with van der Waals surface area (Å²) in [6.45, 7) is 5.57. The number of hydrogen-bond acceptors (Lipinski definition) is 3. The topological polar surface area (TPSA) is 47.6 Å². The van der Waals surface area contributed by atoms with Gasteiger partial charge in [-0.3, -0.25) is 0 Å². The number of hydrogen-bond donors (Lipinski definition) is 1. The number of carbonyl (C=O) groups excluding carboxylic acids is 1. The summed E-state index contributed by atoms with van der Waals surface area (Å²) >= 11 is 3.40. The van der Waals surface area contributed by atoms with E-state index < -0.39 is 5.60 Å². The van der Waals surface area contributed by atoms with E-state index in [0.29, 0.717) is 0 Å². The van der Waals surface area contributed by atoms with E-state index in [9.17, 15) is 4.79 Å². The summed E-state index contributed by atoms with van der Waals surface area (Å²) in [4.78, 5) is 11.9. The number of nitrogens with one attached hydrogen (secondary N) is 1. The molecule has 0 aliphatic heterocycles. The van der Waals surface area contributed by atoms with Crippen molar-refractivity contribution in [3.8, 4) is 5.75 Å². The van der Waals surface area contributed by atoms with Gasteiger partial charge < -0.3 is 14.8 Å². The van der Waals surface area contributed by atoms with Gasteiger partial charge in [0.25, 0.3) is 0 Å². The third kappa shape index (κ3) is 5.23. The fraction of sp³-hybridized carbons (Fsp3) is 0.562. The van der Waals surface area contributed by atoms with Crippen LogP contribution < -0.4 is 10.1 Å². The molecule has 0 heterocycles. The molecule has 1 saturated carbocycles. The van der Waals surface area contributed by atoms with Crippen molar-refractivity contribution in [2.24, 2.45) is 0 Å². The van der Waals surface area contributed by atoms with Gasteiger partial charge in [0, 0.05) is 4.47 Å². The monoisotopic (exact) mass is 355 g/mol. The summed E-state index contributed by atoms with van der Waals surface area (Å²) in [7, 11) is 0. The summed E-state index contributed by atoms with van der Waals surface area (Å²) in [6.07, 6.45) is 2.52. The number of ether oxygens (including phenoxy) is 2. The van der Waals surface area contributed by atoms with E-state index in [0.717, 1.165) is 29.5 Å². The van der Waals surface area contributed by atoms with Crippen molar-refractivity contribution >= 4 is 22.0 Å². The lowest BCUT2D eigenvalue weighted by atomic mass is 10.2. The predicted octanol–water partition coefficient (Wildman–Crippen LogP) is 4.27. The highest BCUT2D eigenvalue weighted by Crippen LogP contribution is 2.26. The van der Waals surface area contributed by atoms with Crippen LogP contribution >= 0.6 is 15.9 Å². The molecular weight excluding hydrogens is 334 g/mol. The van der Waals surface area contributed by atoms with Crippen LogP contribution in [0.3, 0.4) is 0 Å². The van der Waals surface area contributed by atoms with Crippen LogP contribution in [0.2, 0.25) is 0 Å². The Morgan fingerprint density at radius 3 is 2.52 bits per heavy atom. The highest BCUT2D eigenvalue weighted by molar-refractivity contribution is 9.10. The minimum absolute atomic E-state index is 0.00121. The van der Waals surface area contributed by atoms with Crippen LogP contribution in [-0.4, -0.2) is 23.8 Å². The minimum atomic E-state index is -0.481. The van der Waals surface area contributed by atoms with Crippen molar-refractivity contribution in [1.82, 2.24) is 5.32 Å². The first-order valence-corrected chi connectivity index (χ1v) is 8.04. The highest BCUT2D eigenvalue weighted by Gasteiger charge is 2.31. The smallest absolute Gasteiger partial charge is 0.408 e.